The molecule has 1 atom stereocenters. The topological polar surface area (TPSA) is 0 Å². The molecule has 1 unspecified atom stereocenters. The Bertz CT molecular complexity index is 280. The van der Waals surface area contributed by atoms with E-state index in [1.54, 1.807) is 0 Å². The molecule has 14 heavy (non-hydrogen) atoms. The average molecular weight is 247 g/mol. The number of hydrogen-bond acceptors (Lipinski definition) is 0. The molecule has 0 spiro atoms. The van der Waals surface area contributed by atoms with Gasteiger partial charge in [0.05, 0.1) is 0 Å². The van der Waals surface area contributed by atoms with Crippen molar-refractivity contribution in [1.82, 2.24) is 0 Å². The van der Waals surface area contributed by atoms with Crippen molar-refractivity contribution in [3.05, 3.63) is 35.4 Å². The number of hydrogen-bond donors (Lipinski definition) is 0. The summed E-state index contributed by atoms with van der Waals surface area (Å²) in [7, 11) is -1.51. The average Bonchev–Trinajstić information content (AvgIpc) is 2.19. The summed E-state index contributed by atoms with van der Waals surface area (Å²) in [5.41, 5.74) is 2.51. The van der Waals surface area contributed by atoms with E-state index in [9.17, 15) is 0 Å². The predicted molar refractivity (Wildman–Crippen MR) is 67.7 cm³/mol. The Hall–Kier alpha value is 0.0169. The molecule has 0 N–H and O–H groups in total. The highest BCUT2D eigenvalue weighted by Gasteiger charge is 2.21. The Morgan fingerprint density at radius 1 is 1.14 bits per heavy atom. The van der Waals surface area contributed by atoms with Crippen molar-refractivity contribution in [2.45, 2.75) is 31.4 Å². The molecule has 0 fully saturated rings. The molecular weight excluding hydrogens is 231 g/mol. The van der Waals surface area contributed by atoms with Crippen LogP contribution in [0.3, 0.4) is 0 Å². The van der Waals surface area contributed by atoms with Gasteiger partial charge in [0, 0.05) is 5.88 Å². The Morgan fingerprint density at radius 3 is 2.07 bits per heavy atom. The van der Waals surface area contributed by atoms with Crippen LogP contribution >= 0.6 is 22.7 Å². The van der Waals surface area contributed by atoms with Gasteiger partial charge in [0.1, 0.15) is 0 Å². The van der Waals surface area contributed by atoms with Crippen molar-refractivity contribution in [2.75, 3.05) is 0 Å². The van der Waals surface area contributed by atoms with Crippen molar-refractivity contribution < 1.29 is 0 Å². The molecule has 0 heterocycles. The van der Waals surface area contributed by atoms with E-state index in [0.717, 1.165) is 12.1 Å². The van der Waals surface area contributed by atoms with Crippen LogP contribution in [0.5, 0.6) is 0 Å². The Kier molecular flexibility index (Phi) is 4.49. The van der Waals surface area contributed by atoms with E-state index < -0.39 is 7.38 Å². The minimum absolute atomic E-state index is 0.587. The lowest BCUT2D eigenvalue weighted by Crippen LogP contribution is -2.24. The van der Waals surface area contributed by atoms with Gasteiger partial charge in [-0.3, -0.25) is 0 Å². The van der Waals surface area contributed by atoms with E-state index in [0.29, 0.717) is 5.88 Å². The van der Waals surface area contributed by atoms with Gasteiger partial charge in [0.25, 0.3) is 0 Å². The lowest BCUT2D eigenvalue weighted by Gasteiger charge is -2.16. The third kappa shape index (κ3) is 3.64. The van der Waals surface area contributed by atoms with E-state index >= 15 is 0 Å². The molecule has 3 heteroatoms. The third-order valence-corrected chi connectivity index (χ3v) is 6.62. The molecule has 0 amide bonds. The molecule has 0 bridgehead atoms. The van der Waals surface area contributed by atoms with E-state index in [1.807, 2.05) is 0 Å². The van der Waals surface area contributed by atoms with Crippen LogP contribution in [0, 0.1) is 0 Å². The van der Waals surface area contributed by atoms with Gasteiger partial charge in [-0.25, -0.2) is 0 Å². The summed E-state index contributed by atoms with van der Waals surface area (Å²) in [6.07, 6.45) is 0. The van der Waals surface area contributed by atoms with Gasteiger partial charge in [0.2, 0.25) is 0 Å². The van der Waals surface area contributed by atoms with Gasteiger partial charge < -0.3 is 0 Å². The maximum absolute atomic E-state index is 6.44. The Morgan fingerprint density at radius 2 is 1.64 bits per heavy atom. The fourth-order valence-corrected chi connectivity index (χ4v) is 3.27. The molecule has 0 saturated heterocycles. The van der Waals surface area contributed by atoms with Crippen LogP contribution in [0.2, 0.25) is 12.6 Å². The second-order valence-electron chi connectivity index (χ2n) is 3.89. The van der Waals surface area contributed by atoms with Gasteiger partial charge in [-0.05, 0) is 23.2 Å². The van der Waals surface area contributed by atoms with Crippen molar-refractivity contribution in [3.8, 4) is 0 Å². The van der Waals surface area contributed by atoms with E-state index in [4.69, 9.17) is 22.7 Å². The molecule has 1 rings (SSSR count). The molecule has 0 aliphatic heterocycles. The molecule has 1 aromatic rings. The maximum atomic E-state index is 6.44. The quantitative estimate of drug-likeness (QED) is 0.422. The summed E-state index contributed by atoms with van der Waals surface area (Å²) < 4.78 is 0. The second kappa shape index (κ2) is 5.20. The largest absolute Gasteiger partial charge is 0.167 e. The van der Waals surface area contributed by atoms with Crippen LogP contribution in [0.1, 0.15) is 18.1 Å². The molecule has 0 radical (unpaired) electrons. The van der Waals surface area contributed by atoms with Gasteiger partial charge in [-0.1, -0.05) is 37.7 Å². The minimum atomic E-state index is -1.51. The van der Waals surface area contributed by atoms with Crippen LogP contribution in [0.15, 0.2) is 24.3 Å². The number of benzene rings is 1. The Labute approximate surface area is 96.9 Å². The van der Waals surface area contributed by atoms with Crippen molar-refractivity contribution in [2.24, 2.45) is 0 Å². The summed E-state index contributed by atoms with van der Waals surface area (Å²) in [4.78, 5) is 0. The van der Waals surface area contributed by atoms with Crippen molar-refractivity contribution in [3.63, 3.8) is 0 Å². The fourth-order valence-electron chi connectivity index (χ4n) is 1.30. The normalized spacial score (nSPS) is 15.1. The molecule has 1 aromatic carbocycles. The monoisotopic (exact) mass is 246 g/mol. The number of alkyl halides is 1. The first-order valence-corrected chi connectivity index (χ1v) is 9.36. The van der Waals surface area contributed by atoms with Crippen molar-refractivity contribution >= 4 is 30.1 Å². The first kappa shape index (κ1) is 12.1. The van der Waals surface area contributed by atoms with E-state index in [-0.39, 0.29) is 0 Å². The second-order valence-corrected chi connectivity index (χ2v) is 10.8. The third-order valence-electron chi connectivity index (χ3n) is 2.49. The summed E-state index contributed by atoms with van der Waals surface area (Å²) in [6.45, 7) is 4.39. The smallest absolute Gasteiger partial charge is 0.157 e. The predicted octanol–water partition coefficient (Wildman–Crippen LogP) is 4.34. The molecule has 0 aliphatic carbocycles. The molecule has 78 valence electrons. The standard InChI is InChI=1S/C11H16Cl2Si/c1-3-14(2,13)9-11-6-4-10(8-12)5-7-11/h4-7H,3,8-9H2,1-2H3. The maximum Gasteiger partial charge on any atom is 0.157 e. The van der Waals surface area contributed by atoms with E-state index in [2.05, 4.69) is 37.7 Å². The van der Waals surface area contributed by atoms with Crippen LogP contribution in [-0.4, -0.2) is 7.38 Å². The highest BCUT2D eigenvalue weighted by atomic mass is 35.6. The zero-order valence-corrected chi connectivity index (χ0v) is 11.2. The highest BCUT2D eigenvalue weighted by Crippen LogP contribution is 2.20. The summed E-state index contributed by atoms with van der Waals surface area (Å²) >= 11 is 12.2. The molecule has 0 aromatic heterocycles. The van der Waals surface area contributed by atoms with Crippen LogP contribution in [0.4, 0.5) is 0 Å². The summed E-state index contributed by atoms with van der Waals surface area (Å²) in [6, 6.07) is 10.6. The number of halogens is 2. The zero-order chi connectivity index (χ0) is 10.6. The lowest BCUT2D eigenvalue weighted by atomic mass is 10.2. The highest BCUT2D eigenvalue weighted by molar-refractivity contribution is 7.19. The van der Waals surface area contributed by atoms with Crippen LogP contribution in [0.25, 0.3) is 0 Å². The molecular formula is C11H16Cl2Si. The Balaban J connectivity index is 2.69. The first-order chi connectivity index (χ1) is 6.57. The van der Waals surface area contributed by atoms with Crippen molar-refractivity contribution in [1.29, 1.82) is 0 Å². The zero-order valence-electron chi connectivity index (χ0n) is 8.69. The SMILES string of the molecule is CC[Si](C)(Cl)Cc1ccc(CCl)cc1. The summed E-state index contributed by atoms with van der Waals surface area (Å²) in [5.74, 6) is 0.587. The fraction of sp³-hybridized carbons (Fsp3) is 0.455. The van der Waals surface area contributed by atoms with Gasteiger partial charge in [-0.2, -0.15) is 11.1 Å². The molecule has 0 nitrogen and oxygen atoms in total. The minimum Gasteiger partial charge on any atom is -0.167 e. The van der Waals surface area contributed by atoms with Crippen LogP contribution in [-0.2, 0) is 11.9 Å². The van der Waals surface area contributed by atoms with Gasteiger partial charge >= 0.3 is 0 Å². The van der Waals surface area contributed by atoms with E-state index in [1.165, 1.54) is 11.1 Å². The van der Waals surface area contributed by atoms with Gasteiger partial charge in [-0.15, -0.1) is 11.6 Å². The van der Waals surface area contributed by atoms with Gasteiger partial charge in [0.15, 0.2) is 7.38 Å². The molecule has 0 saturated carbocycles. The first-order valence-electron chi connectivity index (χ1n) is 4.90. The number of rotatable bonds is 4. The molecule has 0 aliphatic rings. The van der Waals surface area contributed by atoms with Crippen LogP contribution < -0.4 is 0 Å². The lowest BCUT2D eigenvalue weighted by molar-refractivity contribution is 1.25. The summed E-state index contributed by atoms with van der Waals surface area (Å²) in [5, 5.41) is 0.